The number of carbonyl (C=O) groups excluding carboxylic acids is 2. The lowest BCUT2D eigenvalue weighted by Crippen LogP contribution is -2.52. The molecular weight excluding hydrogens is 432 g/mol. The van der Waals surface area contributed by atoms with E-state index in [2.05, 4.69) is 0 Å². The zero-order chi connectivity index (χ0) is 23.4. The first-order valence-corrected chi connectivity index (χ1v) is 11.1. The Bertz CT molecular complexity index is 957. The number of phenols is 1. The smallest absolute Gasteiger partial charge is 0.303 e. The summed E-state index contributed by atoms with van der Waals surface area (Å²) in [4.78, 5) is 23.5. The lowest BCUT2D eigenvalue weighted by molar-refractivity contribution is -0.223. The summed E-state index contributed by atoms with van der Waals surface area (Å²) in [6.45, 7) is 6.59. The van der Waals surface area contributed by atoms with Crippen molar-refractivity contribution in [3.05, 3.63) is 64.2 Å². The first-order chi connectivity index (χ1) is 15.2. The number of hydrogen-bond donors (Lipinski definition) is 1. The van der Waals surface area contributed by atoms with Crippen LogP contribution in [0.3, 0.4) is 0 Å². The van der Waals surface area contributed by atoms with Crippen LogP contribution in [0.25, 0.3) is 0 Å². The van der Waals surface area contributed by atoms with Gasteiger partial charge in [0.05, 0.1) is 6.10 Å². The number of esters is 2. The van der Waals surface area contributed by atoms with Crippen LogP contribution in [0.15, 0.2) is 42.5 Å². The molecule has 4 unspecified atom stereocenters. The summed E-state index contributed by atoms with van der Waals surface area (Å²) in [5, 5.41) is 10.1. The molecule has 1 aliphatic rings. The first-order valence-electron chi connectivity index (χ1n) is 10.8. The molecule has 1 aliphatic heterocycles. The Balaban J connectivity index is 1.95. The van der Waals surface area contributed by atoms with Gasteiger partial charge in [0, 0.05) is 24.8 Å². The highest BCUT2D eigenvalue weighted by Gasteiger charge is 2.47. The molecule has 0 spiro atoms. The van der Waals surface area contributed by atoms with Gasteiger partial charge in [0.2, 0.25) is 0 Å². The molecule has 32 heavy (non-hydrogen) atoms. The standard InChI is InChI=1S/C25H29ClO6/c1-5-22-23(30-15(3)27)14(2)24(31-16(4)28)25(32-22)18-8-11-21(26)19(13-18)12-17-6-9-20(29)10-7-17/h6-11,13-14,22-25,29H,5,12H2,1-4H3/t14-,22?,23?,24?,25?/m0/s1. The van der Waals surface area contributed by atoms with Crippen LogP contribution in [0.4, 0.5) is 0 Å². The molecule has 0 aromatic heterocycles. The Labute approximate surface area is 193 Å². The zero-order valence-corrected chi connectivity index (χ0v) is 19.5. The van der Waals surface area contributed by atoms with Crippen LogP contribution in [0.5, 0.6) is 5.75 Å². The van der Waals surface area contributed by atoms with Crippen molar-refractivity contribution in [2.75, 3.05) is 0 Å². The van der Waals surface area contributed by atoms with E-state index < -0.39 is 30.3 Å². The number of phenolic OH excluding ortho intramolecular Hbond substituents is 1. The van der Waals surface area contributed by atoms with Gasteiger partial charge in [-0.3, -0.25) is 9.59 Å². The molecule has 1 fully saturated rings. The van der Waals surface area contributed by atoms with E-state index in [1.54, 1.807) is 12.1 Å². The van der Waals surface area contributed by atoms with Gasteiger partial charge in [-0.1, -0.05) is 49.7 Å². The fourth-order valence-electron chi connectivity index (χ4n) is 4.22. The van der Waals surface area contributed by atoms with Crippen LogP contribution < -0.4 is 0 Å². The van der Waals surface area contributed by atoms with Crippen molar-refractivity contribution in [1.82, 2.24) is 0 Å². The predicted octanol–water partition coefficient (Wildman–Crippen LogP) is 4.99. The van der Waals surface area contributed by atoms with E-state index >= 15 is 0 Å². The fraction of sp³-hybridized carbons (Fsp3) is 0.440. The second kappa shape index (κ2) is 10.4. The van der Waals surface area contributed by atoms with E-state index in [0.717, 1.165) is 16.7 Å². The number of benzene rings is 2. The molecule has 3 rings (SSSR count). The summed E-state index contributed by atoms with van der Waals surface area (Å²) in [5.74, 6) is -0.880. The van der Waals surface area contributed by atoms with E-state index in [1.165, 1.54) is 13.8 Å². The lowest BCUT2D eigenvalue weighted by atomic mass is 9.83. The molecule has 5 atom stereocenters. The van der Waals surface area contributed by atoms with Gasteiger partial charge in [0.25, 0.3) is 0 Å². The maximum Gasteiger partial charge on any atom is 0.303 e. The molecule has 0 aliphatic carbocycles. The Morgan fingerprint density at radius 2 is 1.66 bits per heavy atom. The Morgan fingerprint density at radius 3 is 2.25 bits per heavy atom. The summed E-state index contributed by atoms with van der Waals surface area (Å²) in [7, 11) is 0. The number of aromatic hydroxyl groups is 1. The van der Waals surface area contributed by atoms with Crippen LogP contribution in [0, 0.1) is 5.92 Å². The monoisotopic (exact) mass is 460 g/mol. The van der Waals surface area contributed by atoms with Gasteiger partial charge in [-0.15, -0.1) is 0 Å². The molecule has 0 bridgehead atoms. The number of carbonyl (C=O) groups is 2. The molecule has 0 saturated carbocycles. The maximum absolute atomic E-state index is 11.9. The second-order valence-corrected chi connectivity index (χ2v) is 8.61. The highest BCUT2D eigenvalue weighted by molar-refractivity contribution is 6.31. The average Bonchev–Trinajstić information content (AvgIpc) is 2.74. The molecule has 7 heteroatoms. The number of halogens is 1. The highest BCUT2D eigenvalue weighted by atomic mass is 35.5. The summed E-state index contributed by atoms with van der Waals surface area (Å²) >= 11 is 6.47. The summed E-state index contributed by atoms with van der Waals surface area (Å²) in [6, 6.07) is 12.6. The molecule has 0 radical (unpaired) electrons. The quantitative estimate of drug-likeness (QED) is 0.612. The summed E-state index contributed by atoms with van der Waals surface area (Å²) < 4.78 is 17.5. The van der Waals surface area contributed by atoms with Crippen LogP contribution in [-0.4, -0.2) is 35.4 Å². The third-order valence-corrected chi connectivity index (χ3v) is 6.13. The van der Waals surface area contributed by atoms with Crippen molar-refractivity contribution in [2.24, 2.45) is 5.92 Å². The fourth-order valence-corrected chi connectivity index (χ4v) is 4.40. The number of hydrogen-bond acceptors (Lipinski definition) is 6. The first kappa shape index (κ1) is 24.1. The van der Waals surface area contributed by atoms with Crippen LogP contribution in [-0.2, 0) is 30.2 Å². The maximum atomic E-state index is 11.9. The van der Waals surface area contributed by atoms with Gasteiger partial charge in [-0.05, 0) is 47.7 Å². The minimum absolute atomic E-state index is 0.204. The summed E-state index contributed by atoms with van der Waals surface area (Å²) in [6.07, 6.45) is -0.784. The van der Waals surface area contributed by atoms with Crippen molar-refractivity contribution in [2.45, 2.75) is 65.0 Å². The molecule has 0 amide bonds. The van der Waals surface area contributed by atoms with Gasteiger partial charge in [0.1, 0.15) is 24.1 Å². The van der Waals surface area contributed by atoms with Crippen LogP contribution in [0.2, 0.25) is 5.02 Å². The molecular formula is C25H29ClO6. The van der Waals surface area contributed by atoms with E-state index in [4.69, 9.17) is 25.8 Å². The molecule has 2 aromatic carbocycles. The SMILES string of the molecule is CCC1OC(c2ccc(Cl)c(Cc3ccc(O)cc3)c2)C(OC(C)=O)[C@@H](C)C1OC(C)=O. The predicted molar refractivity (Wildman–Crippen MR) is 121 cm³/mol. The minimum atomic E-state index is -0.623. The van der Waals surface area contributed by atoms with E-state index in [0.29, 0.717) is 17.9 Å². The van der Waals surface area contributed by atoms with Gasteiger partial charge in [-0.25, -0.2) is 0 Å². The average molecular weight is 461 g/mol. The van der Waals surface area contributed by atoms with E-state index in [-0.39, 0.29) is 17.8 Å². The van der Waals surface area contributed by atoms with Crippen molar-refractivity contribution >= 4 is 23.5 Å². The Morgan fingerprint density at radius 1 is 1.03 bits per heavy atom. The second-order valence-electron chi connectivity index (χ2n) is 8.20. The van der Waals surface area contributed by atoms with Crippen molar-refractivity contribution < 1.29 is 28.9 Å². The molecule has 1 saturated heterocycles. The largest absolute Gasteiger partial charge is 0.508 e. The molecule has 2 aromatic rings. The molecule has 1 N–H and O–H groups in total. The minimum Gasteiger partial charge on any atom is -0.508 e. The van der Waals surface area contributed by atoms with Crippen molar-refractivity contribution in [1.29, 1.82) is 0 Å². The third-order valence-electron chi connectivity index (χ3n) is 5.76. The lowest BCUT2D eigenvalue weighted by Gasteiger charge is -2.44. The van der Waals surface area contributed by atoms with Gasteiger partial charge in [-0.2, -0.15) is 0 Å². The van der Waals surface area contributed by atoms with Gasteiger partial charge in [0.15, 0.2) is 0 Å². The topological polar surface area (TPSA) is 82.1 Å². The Kier molecular flexibility index (Phi) is 7.80. The molecule has 6 nitrogen and oxygen atoms in total. The normalized spacial score (nSPS) is 25.2. The summed E-state index contributed by atoms with van der Waals surface area (Å²) in [5.41, 5.74) is 2.72. The van der Waals surface area contributed by atoms with Crippen LogP contribution in [0.1, 0.15) is 56.9 Å². The highest BCUT2D eigenvalue weighted by Crippen LogP contribution is 2.40. The van der Waals surface area contributed by atoms with Crippen molar-refractivity contribution in [3.63, 3.8) is 0 Å². The van der Waals surface area contributed by atoms with Crippen molar-refractivity contribution in [3.8, 4) is 5.75 Å². The van der Waals surface area contributed by atoms with E-state index in [1.807, 2.05) is 44.2 Å². The van der Waals surface area contributed by atoms with Gasteiger partial charge >= 0.3 is 11.9 Å². The van der Waals surface area contributed by atoms with Crippen LogP contribution >= 0.6 is 11.6 Å². The van der Waals surface area contributed by atoms with E-state index in [9.17, 15) is 14.7 Å². The van der Waals surface area contributed by atoms with Gasteiger partial charge < -0.3 is 19.3 Å². The zero-order valence-electron chi connectivity index (χ0n) is 18.7. The molecule has 1 heterocycles. The number of rotatable bonds is 6. The Hall–Kier alpha value is -2.57. The number of ether oxygens (including phenoxy) is 3. The molecule has 172 valence electrons. The third kappa shape index (κ3) is 5.61.